The molecule has 0 aliphatic carbocycles. The first-order valence-corrected chi connectivity index (χ1v) is 22.3. The average Bonchev–Trinajstić information content (AvgIpc) is 3.64. The summed E-state index contributed by atoms with van der Waals surface area (Å²) in [7, 11) is -2.76. The molecule has 0 radical (unpaired) electrons. The molecule has 3 heterocycles. The zero-order valence-electron chi connectivity index (χ0n) is 32.1. The maximum Gasteiger partial charge on any atom is 0.434 e. The fourth-order valence-electron chi connectivity index (χ4n) is 9.89. The summed E-state index contributed by atoms with van der Waals surface area (Å²) in [6.45, 7) is -0.332. The normalized spacial score (nSPS) is 12.6. The highest BCUT2D eigenvalue weighted by Gasteiger charge is 2.43. The van der Waals surface area contributed by atoms with E-state index in [9.17, 15) is 0 Å². The van der Waals surface area contributed by atoms with Crippen LogP contribution in [-0.2, 0) is 0 Å². The number of ether oxygens (including phenoxy) is 1. The van der Waals surface area contributed by atoms with Gasteiger partial charge in [-0.15, -0.1) is 0 Å². The molecule has 1 aromatic heterocycles. The number of para-hydroxylation sites is 4. The lowest BCUT2D eigenvalue weighted by molar-refractivity contribution is 0.478. The topological polar surface area (TPSA) is 23.4 Å². The van der Waals surface area contributed by atoms with Gasteiger partial charge in [0, 0.05) is 27.3 Å². The summed E-state index contributed by atoms with van der Waals surface area (Å²) < 4.78 is 16.6. The van der Waals surface area contributed by atoms with Gasteiger partial charge in [0.2, 0.25) is 0 Å². The van der Waals surface area contributed by atoms with Gasteiger partial charge in [0.15, 0.2) is 8.07 Å². The largest absolute Gasteiger partial charge is 0.551 e. The Morgan fingerprint density at radius 1 is 0.407 bits per heavy atom. The second kappa shape index (κ2) is 13.4. The van der Waals surface area contributed by atoms with E-state index in [-0.39, 0.29) is 6.92 Å². The minimum atomic E-state index is -2.76. The van der Waals surface area contributed by atoms with Gasteiger partial charge in [0.25, 0.3) is 0 Å². The molecule has 276 valence electrons. The Morgan fingerprint density at radius 2 is 0.966 bits per heavy atom. The van der Waals surface area contributed by atoms with E-state index in [2.05, 4.69) is 223 Å². The smallest absolute Gasteiger partial charge is 0.434 e. The predicted octanol–water partition coefficient (Wildman–Crippen LogP) is 9.10. The highest BCUT2D eigenvalue weighted by Crippen LogP contribution is 2.44. The maximum atomic E-state index is 7.27. The maximum absolute atomic E-state index is 7.27. The van der Waals surface area contributed by atoms with Crippen molar-refractivity contribution in [1.82, 2.24) is 4.57 Å². The molecule has 2 aliphatic heterocycles. The molecule has 10 aromatic rings. The first kappa shape index (κ1) is 33.8. The summed E-state index contributed by atoms with van der Waals surface area (Å²) >= 11 is 0. The van der Waals surface area contributed by atoms with Crippen LogP contribution < -0.4 is 41.1 Å². The molecule has 9 aromatic carbocycles. The van der Waals surface area contributed by atoms with Crippen molar-refractivity contribution < 1.29 is 9.39 Å². The molecule has 0 saturated heterocycles. The number of hydrogen-bond donors (Lipinski definition) is 0. The van der Waals surface area contributed by atoms with E-state index in [1.807, 2.05) is 0 Å². The van der Waals surface area contributed by atoms with Crippen molar-refractivity contribution in [2.75, 3.05) is 0 Å². The van der Waals surface area contributed by atoms with Crippen molar-refractivity contribution in [2.45, 2.75) is 0 Å². The molecule has 12 rings (SSSR count). The van der Waals surface area contributed by atoms with E-state index in [0.717, 1.165) is 67.1 Å². The van der Waals surface area contributed by atoms with Crippen molar-refractivity contribution in [3.05, 3.63) is 218 Å². The zero-order valence-corrected chi connectivity index (χ0v) is 33.1. The Kier molecular flexibility index (Phi) is 7.65. The highest BCUT2D eigenvalue weighted by atomic mass is 28.3. The van der Waals surface area contributed by atoms with Gasteiger partial charge in [-0.1, -0.05) is 182 Å². The van der Waals surface area contributed by atoms with Crippen molar-refractivity contribution in [3.8, 4) is 45.2 Å². The molecule has 5 heteroatoms. The number of aromatic nitrogens is 1. The van der Waals surface area contributed by atoms with Crippen molar-refractivity contribution in [3.63, 3.8) is 0 Å². The van der Waals surface area contributed by atoms with Crippen LogP contribution in [0.4, 0.5) is 0 Å². The van der Waals surface area contributed by atoms with E-state index in [0.29, 0.717) is 0 Å². The molecular formula is C54H36BNO2Si. The summed E-state index contributed by atoms with van der Waals surface area (Å²) in [5, 5.41) is 7.80. The molecule has 0 amide bonds. The number of hydrogen-bond acceptors (Lipinski definition) is 2. The number of nitrogens with zero attached hydrogens (tertiary/aromatic N) is 1. The molecule has 2 aliphatic rings. The quantitative estimate of drug-likeness (QED) is 0.125. The van der Waals surface area contributed by atoms with E-state index in [4.69, 9.17) is 9.39 Å². The average molecular weight is 770 g/mol. The Balaban J connectivity index is 1.08. The van der Waals surface area contributed by atoms with Crippen LogP contribution in [0, 0.1) is 0 Å². The van der Waals surface area contributed by atoms with Crippen LogP contribution in [0.3, 0.4) is 0 Å². The van der Waals surface area contributed by atoms with Gasteiger partial charge in [0.1, 0.15) is 17.2 Å². The number of fused-ring (bicyclic) bond motifs is 7. The van der Waals surface area contributed by atoms with Crippen LogP contribution in [0.1, 0.15) is 0 Å². The first-order chi connectivity index (χ1) is 29.3. The molecule has 0 unspecified atom stereocenters. The molecule has 0 fully saturated rings. The van der Waals surface area contributed by atoms with Gasteiger partial charge in [-0.3, -0.25) is 0 Å². The summed E-state index contributed by atoms with van der Waals surface area (Å²) in [6, 6.07) is 79.4. The van der Waals surface area contributed by atoms with E-state index in [1.54, 1.807) is 0 Å². The summed E-state index contributed by atoms with van der Waals surface area (Å²) in [4.78, 5) is 0. The van der Waals surface area contributed by atoms with E-state index >= 15 is 0 Å². The van der Waals surface area contributed by atoms with Gasteiger partial charge < -0.3 is 14.0 Å². The van der Waals surface area contributed by atoms with Crippen LogP contribution in [0.2, 0.25) is 0 Å². The minimum Gasteiger partial charge on any atom is -0.551 e. The second-order valence-corrected chi connectivity index (χ2v) is 19.3. The zero-order chi connectivity index (χ0) is 38.9. The van der Waals surface area contributed by atoms with E-state index in [1.165, 1.54) is 31.5 Å². The molecule has 0 N–H and O–H groups in total. The molecule has 0 bridgehead atoms. The van der Waals surface area contributed by atoms with Gasteiger partial charge in [-0.25, -0.2) is 0 Å². The lowest BCUT2D eigenvalue weighted by atomic mass is 9.50. The summed E-state index contributed by atoms with van der Waals surface area (Å²) in [6.07, 6.45) is 0. The third-order valence-electron chi connectivity index (χ3n) is 12.4. The van der Waals surface area contributed by atoms with Gasteiger partial charge in [0.05, 0.1) is 16.7 Å². The van der Waals surface area contributed by atoms with Crippen LogP contribution in [0.5, 0.6) is 17.2 Å². The Labute approximate surface area is 344 Å². The van der Waals surface area contributed by atoms with Crippen molar-refractivity contribution in [1.29, 1.82) is 0 Å². The highest BCUT2D eigenvalue weighted by molar-refractivity contribution is 7.19. The van der Waals surface area contributed by atoms with E-state index < -0.39 is 8.07 Å². The Hall–Kier alpha value is -7.34. The lowest BCUT2D eigenvalue weighted by Gasteiger charge is -2.35. The Bertz CT molecular complexity index is 3090. The molecule has 59 heavy (non-hydrogen) atoms. The van der Waals surface area contributed by atoms with Crippen molar-refractivity contribution >= 4 is 68.5 Å². The third-order valence-corrected chi connectivity index (χ3v) is 17.2. The lowest BCUT2D eigenvalue weighted by Crippen LogP contribution is -2.74. The fraction of sp³-hybridized carbons (Fsp3) is 0. The Morgan fingerprint density at radius 3 is 1.63 bits per heavy atom. The molecule has 0 saturated carbocycles. The standard InChI is InChI=1S/C54H36BNO2Si/c1-4-19-39(20-5-1)59(40-21-6-2-7-22-40,41-23-8-3-9-24-41)42-25-16-18-37(34-42)38-35-46-45-28-12-15-33-51(45)58-55-47-29-17-32-50(54(47)57-52(36-38)53(46)55)56-48-30-13-10-26-43(48)44-27-11-14-31-49(44)56/h1-36H. The van der Waals surface area contributed by atoms with Gasteiger partial charge in [-0.05, 0) is 73.8 Å². The molecule has 3 nitrogen and oxygen atoms in total. The minimum absolute atomic E-state index is 0.332. The molecule has 0 atom stereocenters. The molecular weight excluding hydrogens is 733 g/mol. The second-order valence-electron chi connectivity index (χ2n) is 15.5. The molecule has 0 spiro atoms. The van der Waals surface area contributed by atoms with Crippen LogP contribution in [0.25, 0.3) is 49.7 Å². The SMILES string of the molecule is c1ccc([Si](c2ccccc2)(c2ccccc2)c2cccc(-c3cc4c5c(c3)-c3ccccc3OB5c3cccc(-n5c6ccccc6c6ccccc65)c3O4)c2)cc1. The fourth-order valence-corrected chi connectivity index (χ4v) is 14.7. The van der Waals surface area contributed by atoms with Gasteiger partial charge >= 0.3 is 6.92 Å². The van der Waals surface area contributed by atoms with Gasteiger partial charge in [-0.2, -0.15) is 0 Å². The van der Waals surface area contributed by atoms with Crippen molar-refractivity contribution in [2.24, 2.45) is 0 Å². The van der Waals surface area contributed by atoms with Crippen LogP contribution in [0.15, 0.2) is 218 Å². The van der Waals surface area contributed by atoms with Crippen LogP contribution >= 0.6 is 0 Å². The first-order valence-electron chi connectivity index (χ1n) is 20.3. The summed E-state index contributed by atoms with van der Waals surface area (Å²) in [5.41, 5.74) is 9.82. The third kappa shape index (κ3) is 5.08. The van der Waals surface area contributed by atoms with Crippen LogP contribution in [-0.4, -0.2) is 19.6 Å². The monoisotopic (exact) mass is 769 g/mol. The number of benzene rings is 9. The summed E-state index contributed by atoms with van der Waals surface area (Å²) in [5.74, 6) is 2.51. The number of rotatable bonds is 6. The predicted molar refractivity (Wildman–Crippen MR) is 247 cm³/mol.